The van der Waals surface area contributed by atoms with Crippen LogP contribution in [0, 0.1) is 5.92 Å². The maximum absolute atomic E-state index is 12.0. The van der Waals surface area contributed by atoms with Gasteiger partial charge in [0, 0.05) is 24.9 Å². The summed E-state index contributed by atoms with van der Waals surface area (Å²) in [6.07, 6.45) is 1.40. The van der Waals surface area contributed by atoms with Gasteiger partial charge in [-0.2, -0.15) is 0 Å². The van der Waals surface area contributed by atoms with E-state index in [-0.39, 0.29) is 30.3 Å². The van der Waals surface area contributed by atoms with E-state index in [1.807, 2.05) is 12.1 Å². The van der Waals surface area contributed by atoms with Crippen LogP contribution in [0.5, 0.6) is 5.75 Å². The van der Waals surface area contributed by atoms with Gasteiger partial charge in [-0.05, 0) is 30.0 Å². The zero-order valence-corrected chi connectivity index (χ0v) is 12.6. The number of carbonyl (C=O) groups excluding carboxylic acids is 1. The monoisotopic (exact) mass is 312 g/mol. The molecule has 0 spiro atoms. The van der Waals surface area contributed by atoms with Crippen molar-refractivity contribution in [2.75, 3.05) is 6.61 Å². The molecular weight excluding hydrogens is 292 g/mol. The van der Waals surface area contributed by atoms with E-state index >= 15 is 0 Å². The van der Waals surface area contributed by atoms with Crippen LogP contribution in [0.1, 0.15) is 24.0 Å². The summed E-state index contributed by atoms with van der Waals surface area (Å²) in [6.45, 7) is 1.25. The predicted molar refractivity (Wildman–Crippen MR) is 81.4 cm³/mol. The highest BCUT2D eigenvalue weighted by Crippen LogP contribution is 2.27. The van der Waals surface area contributed by atoms with Crippen molar-refractivity contribution >= 4 is 18.3 Å². The lowest BCUT2D eigenvalue weighted by Gasteiger charge is -2.11. The van der Waals surface area contributed by atoms with Crippen LogP contribution in [0.4, 0.5) is 0 Å². The molecule has 0 unspecified atom stereocenters. The number of benzene rings is 1. The molecule has 0 aromatic heterocycles. The van der Waals surface area contributed by atoms with Gasteiger partial charge >= 0.3 is 0 Å². The largest absolute Gasteiger partial charge is 0.493 e. The van der Waals surface area contributed by atoms with Crippen LogP contribution in [-0.4, -0.2) is 29.8 Å². The van der Waals surface area contributed by atoms with Crippen LogP contribution < -0.4 is 15.8 Å². The van der Waals surface area contributed by atoms with Crippen molar-refractivity contribution in [2.24, 2.45) is 11.7 Å². The molecule has 0 bridgehead atoms. The first-order chi connectivity index (χ1) is 9.63. The van der Waals surface area contributed by atoms with Gasteiger partial charge < -0.3 is 20.9 Å². The number of amides is 1. The maximum Gasteiger partial charge on any atom is 0.223 e. The molecule has 4 N–H and O–H groups in total. The van der Waals surface area contributed by atoms with E-state index in [1.54, 1.807) is 0 Å². The predicted octanol–water partition coefficient (Wildman–Crippen LogP) is 0.758. The van der Waals surface area contributed by atoms with Gasteiger partial charge in [0.05, 0.1) is 12.7 Å². The summed E-state index contributed by atoms with van der Waals surface area (Å²) < 4.78 is 5.45. The molecule has 1 saturated carbocycles. The average Bonchev–Trinajstić information content (AvgIpc) is 3.03. The normalized spacial score (nSPS) is 26.7. The van der Waals surface area contributed by atoms with Crippen molar-refractivity contribution < 1.29 is 14.6 Å². The van der Waals surface area contributed by atoms with Crippen molar-refractivity contribution in [1.29, 1.82) is 0 Å². The molecule has 116 valence electrons. The number of nitrogens with one attached hydrogen (secondary N) is 1. The van der Waals surface area contributed by atoms with Crippen molar-refractivity contribution in [3.05, 3.63) is 29.3 Å². The zero-order valence-electron chi connectivity index (χ0n) is 11.7. The van der Waals surface area contributed by atoms with Gasteiger partial charge in [-0.1, -0.05) is 12.1 Å². The van der Waals surface area contributed by atoms with E-state index in [0.717, 1.165) is 24.3 Å². The van der Waals surface area contributed by atoms with Crippen molar-refractivity contribution in [3.63, 3.8) is 0 Å². The van der Waals surface area contributed by atoms with Gasteiger partial charge in [0.1, 0.15) is 5.75 Å². The van der Waals surface area contributed by atoms with Crippen molar-refractivity contribution in [3.8, 4) is 5.75 Å². The highest BCUT2D eigenvalue weighted by Gasteiger charge is 2.34. The number of aliphatic hydroxyl groups excluding tert-OH is 1. The summed E-state index contributed by atoms with van der Waals surface area (Å²) in [5.74, 6) is 0.761. The van der Waals surface area contributed by atoms with Crippen LogP contribution in [0.3, 0.4) is 0 Å². The van der Waals surface area contributed by atoms with Crippen LogP contribution in [-0.2, 0) is 17.8 Å². The third-order valence-corrected chi connectivity index (χ3v) is 4.17. The summed E-state index contributed by atoms with van der Waals surface area (Å²) in [5, 5.41) is 12.5. The Morgan fingerprint density at radius 2 is 2.24 bits per heavy atom. The van der Waals surface area contributed by atoms with E-state index in [9.17, 15) is 9.90 Å². The molecule has 6 heteroatoms. The van der Waals surface area contributed by atoms with E-state index < -0.39 is 6.10 Å². The quantitative estimate of drug-likeness (QED) is 0.769. The lowest BCUT2D eigenvalue weighted by Crippen LogP contribution is -2.30. The molecule has 1 aliphatic carbocycles. The van der Waals surface area contributed by atoms with Gasteiger partial charge in [-0.15, -0.1) is 12.4 Å². The molecule has 1 aromatic carbocycles. The number of halogens is 1. The Morgan fingerprint density at radius 3 is 2.95 bits per heavy atom. The highest BCUT2D eigenvalue weighted by atomic mass is 35.5. The molecule has 0 radical (unpaired) electrons. The number of hydrogen-bond acceptors (Lipinski definition) is 4. The van der Waals surface area contributed by atoms with Crippen LogP contribution >= 0.6 is 12.4 Å². The molecular formula is C15H21ClN2O3. The number of rotatable bonds is 3. The second kappa shape index (κ2) is 6.64. The average molecular weight is 313 g/mol. The van der Waals surface area contributed by atoms with Crippen molar-refractivity contribution in [2.45, 2.75) is 38.0 Å². The number of aliphatic hydroxyl groups is 1. The topological polar surface area (TPSA) is 84.6 Å². The molecule has 2 aliphatic rings. The van der Waals surface area contributed by atoms with Crippen molar-refractivity contribution in [1.82, 2.24) is 5.32 Å². The number of fused-ring (bicyclic) bond motifs is 1. The first kappa shape index (κ1) is 16.1. The number of ether oxygens (including phenoxy) is 1. The number of nitrogens with two attached hydrogens (primary N) is 1. The first-order valence-electron chi connectivity index (χ1n) is 7.09. The molecule has 1 heterocycles. The smallest absolute Gasteiger partial charge is 0.223 e. The maximum atomic E-state index is 12.0. The van der Waals surface area contributed by atoms with Crippen LogP contribution in [0.25, 0.3) is 0 Å². The molecule has 1 aliphatic heterocycles. The summed E-state index contributed by atoms with van der Waals surface area (Å²) in [4.78, 5) is 12.0. The van der Waals surface area contributed by atoms with Crippen LogP contribution in [0.2, 0.25) is 0 Å². The molecule has 3 rings (SSSR count). The minimum atomic E-state index is -0.553. The Bertz CT molecular complexity index is 514. The Balaban J connectivity index is 0.00000161. The first-order valence-corrected chi connectivity index (χ1v) is 7.09. The minimum Gasteiger partial charge on any atom is -0.493 e. The lowest BCUT2D eigenvalue weighted by atomic mass is 10.1. The fourth-order valence-corrected chi connectivity index (χ4v) is 2.95. The molecule has 5 nitrogen and oxygen atoms in total. The SMILES string of the molecule is Cl.N[C@H]1C[C@H](C(=O)NCc2ccc3c(c2)CCO3)C[C@@H]1O. The Hall–Kier alpha value is -1.30. The summed E-state index contributed by atoms with van der Waals surface area (Å²) in [5.41, 5.74) is 8.01. The molecule has 21 heavy (non-hydrogen) atoms. The molecule has 3 atom stereocenters. The summed E-state index contributed by atoms with van der Waals surface area (Å²) >= 11 is 0. The third kappa shape index (κ3) is 3.48. The summed E-state index contributed by atoms with van der Waals surface area (Å²) in [6, 6.07) is 5.74. The second-order valence-electron chi connectivity index (χ2n) is 5.66. The second-order valence-corrected chi connectivity index (χ2v) is 5.66. The molecule has 0 saturated heterocycles. The Morgan fingerprint density at radius 1 is 1.43 bits per heavy atom. The molecule has 1 fully saturated rings. The summed E-state index contributed by atoms with van der Waals surface area (Å²) in [7, 11) is 0. The van der Waals surface area contributed by atoms with E-state index in [0.29, 0.717) is 19.4 Å². The molecule has 1 aromatic rings. The van der Waals surface area contributed by atoms with Gasteiger partial charge in [0.15, 0.2) is 0 Å². The third-order valence-electron chi connectivity index (χ3n) is 4.17. The number of hydrogen-bond donors (Lipinski definition) is 3. The fourth-order valence-electron chi connectivity index (χ4n) is 2.95. The van der Waals surface area contributed by atoms with E-state index in [1.165, 1.54) is 5.56 Å². The molecule has 1 amide bonds. The number of carbonyl (C=O) groups is 1. The van der Waals surface area contributed by atoms with Gasteiger partial charge in [-0.3, -0.25) is 4.79 Å². The van der Waals surface area contributed by atoms with Crippen LogP contribution in [0.15, 0.2) is 18.2 Å². The Labute approximate surface area is 130 Å². The lowest BCUT2D eigenvalue weighted by molar-refractivity contribution is -0.125. The standard InChI is InChI=1S/C15H20N2O3.ClH/c16-12-6-11(7-13(12)18)15(19)17-8-9-1-2-14-10(5-9)3-4-20-14;/h1-2,5,11-13,18H,3-4,6-8,16H2,(H,17,19);1H/t11-,12-,13-;/m0./s1. The minimum absolute atomic E-state index is 0. The van der Waals surface area contributed by atoms with Gasteiger partial charge in [0.25, 0.3) is 0 Å². The fraction of sp³-hybridized carbons (Fsp3) is 0.533. The van der Waals surface area contributed by atoms with Gasteiger partial charge in [0.2, 0.25) is 5.91 Å². The Kier molecular flexibility index (Phi) is 5.08. The van der Waals surface area contributed by atoms with Gasteiger partial charge in [-0.25, -0.2) is 0 Å². The highest BCUT2D eigenvalue weighted by molar-refractivity contribution is 5.85. The zero-order chi connectivity index (χ0) is 14.1. The van der Waals surface area contributed by atoms with E-state index in [4.69, 9.17) is 10.5 Å². The van der Waals surface area contributed by atoms with E-state index in [2.05, 4.69) is 11.4 Å².